The van der Waals surface area contributed by atoms with E-state index in [-0.39, 0.29) is 18.0 Å². The first-order chi connectivity index (χ1) is 15.1. The lowest BCUT2D eigenvalue weighted by atomic mass is 9.97. The van der Waals surface area contributed by atoms with Gasteiger partial charge >= 0.3 is 0 Å². The van der Waals surface area contributed by atoms with Crippen molar-refractivity contribution in [2.75, 3.05) is 21.3 Å². The molecule has 0 amide bonds. The van der Waals surface area contributed by atoms with Gasteiger partial charge in [0.25, 0.3) is 0 Å². The Hall–Kier alpha value is -3.64. The molecule has 3 N–H and O–H groups in total. The second kappa shape index (κ2) is 9.02. The fraction of sp³-hybridized carbons (Fsp3) is 0.200. The van der Waals surface area contributed by atoms with Crippen molar-refractivity contribution >= 4 is 5.70 Å². The van der Waals surface area contributed by atoms with Crippen LogP contribution in [0, 0.1) is 0 Å². The molecule has 0 aromatic heterocycles. The molecule has 6 nitrogen and oxygen atoms in total. The van der Waals surface area contributed by atoms with Crippen LogP contribution in [0.25, 0.3) is 5.70 Å². The van der Waals surface area contributed by atoms with Crippen LogP contribution in [0.3, 0.4) is 0 Å². The fourth-order valence-electron chi connectivity index (χ4n) is 3.73. The summed E-state index contributed by atoms with van der Waals surface area (Å²) in [5, 5.41) is 17.6. The molecule has 0 bridgehead atoms. The maximum absolute atomic E-state index is 10.5. The normalized spacial score (nSPS) is 18.0. The zero-order valence-electron chi connectivity index (χ0n) is 17.8. The number of methoxy groups -OCH3 is 3. The largest absolute Gasteiger partial charge is 0.508 e. The van der Waals surface area contributed by atoms with E-state index in [4.69, 9.17) is 14.2 Å². The standard InChI is InChI=1S/C25H26N2O4/c1-29-18-11-8-16(9-12-18)20-15-21(19-6-4-5-7-22(19)28)27-25(26-20)17-10-13-23(30-2)24(14-17)31-3/h4-15,21,25-28H,1-3H3. The third kappa shape index (κ3) is 4.29. The lowest BCUT2D eigenvalue weighted by Gasteiger charge is -2.33. The van der Waals surface area contributed by atoms with Crippen molar-refractivity contribution in [3.63, 3.8) is 0 Å². The van der Waals surface area contributed by atoms with Gasteiger partial charge in [-0.3, -0.25) is 5.32 Å². The van der Waals surface area contributed by atoms with Gasteiger partial charge in [0.2, 0.25) is 0 Å². The number of phenols is 1. The summed E-state index contributed by atoms with van der Waals surface area (Å²) in [5.74, 6) is 2.37. The first kappa shape index (κ1) is 20.6. The van der Waals surface area contributed by atoms with E-state index in [1.54, 1.807) is 27.4 Å². The molecule has 3 aromatic carbocycles. The van der Waals surface area contributed by atoms with Crippen molar-refractivity contribution in [2.45, 2.75) is 12.2 Å². The molecule has 3 aromatic rings. The number of phenolic OH excluding ortho intramolecular Hbond substituents is 1. The zero-order chi connectivity index (χ0) is 21.8. The third-order valence-corrected chi connectivity index (χ3v) is 5.39. The third-order valence-electron chi connectivity index (χ3n) is 5.39. The Morgan fingerprint density at radius 3 is 2.23 bits per heavy atom. The van der Waals surface area contributed by atoms with E-state index in [0.717, 1.165) is 28.1 Å². The van der Waals surface area contributed by atoms with Gasteiger partial charge < -0.3 is 24.6 Å². The summed E-state index contributed by atoms with van der Waals surface area (Å²) in [6, 6.07) is 20.9. The van der Waals surface area contributed by atoms with Gasteiger partial charge in [-0.15, -0.1) is 0 Å². The van der Waals surface area contributed by atoms with E-state index in [1.807, 2.05) is 60.7 Å². The molecular weight excluding hydrogens is 392 g/mol. The summed E-state index contributed by atoms with van der Waals surface area (Å²) in [6.07, 6.45) is 1.86. The predicted molar refractivity (Wildman–Crippen MR) is 120 cm³/mol. The van der Waals surface area contributed by atoms with E-state index >= 15 is 0 Å². The Bertz CT molecular complexity index is 1080. The Labute approximate surface area is 182 Å². The molecule has 0 radical (unpaired) electrons. The first-order valence-corrected chi connectivity index (χ1v) is 10.0. The number of para-hydroxylation sites is 1. The van der Waals surface area contributed by atoms with Crippen LogP contribution in [0.5, 0.6) is 23.0 Å². The molecule has 2 atom stereocenters. The van der Waals surface area contributed by atoms with E-state index in [0.29, 0.717) is 11.5 Å². The van der Waals surface area contributed by atoms with Crippen LogP contribution in [0.4, 0.5) is 0 Å². The minimum absolute atomic E-state index is 0.197. The summed E-state index contributed by atoms with van der Waals surface area (Å²) in [4.78, 5) is 0. The summed E-state index contributed by atoms with van der Waals surface area (Å²) in [7, 11) is 4.89. The number of aromatic hydroxyl groups is 1. The van der Waals surface area contributed by atoms with Gasteiger partial charge in [0.1, 0.15) is 17.7 Å². The second-order valence-electron chi connectivity index (χ2n) is 7.20. The number of hydrogen-bond acceptors (Lipinski definition) is 6. The minimum Gasteiger partial charge on any atom is -0.508 e. The molecule has 1 heterocycles. The van der Waals surface area contributed by atoms with E-state index in [1.165, 1.54) is 0 Å². The Kier molecular flexibility index (Phi) is 6.00. The van der Waals surface area contributed by atoms with Gasteiger partial charge in [0, 0.05) is 11.3 Å². The minimum atomic E-state index is -0.216. The number of hydrogen-bond donors (Lipinski definition) is 3. The molecule has 0 saturated carbocycles. The molecule has 0 saturated heterocycles. The zero-order valence-corrected chi connectivity index (χ0v) is 17.8. The highest BCUT2D eigenvalue weighted by Gasteiger charge is 2.26. The fourth-order valence-corrected chi connectivity index (χ4v) is 3.73. The first-order valence-electron chi connectivity index (χ1n) is 10.0. The SMILES string of the molecule is COc1ccc(C2=CC(c3ccccc3O)NC(c3ccc(OC)c(OC)c3)N2)cc1. The van der Waals surface area contributed by atoms with Crippen LogP contribution >= 0.6 is 0 Å². The van der Waals surface area contributed by atoms with Gasteiger partial charge in [0.05, 0.1) is 27.4 Å². The highest BCUT2D eigenvalue weighted by molar-refractivity contribution is 5.67. The molecule has 1 aliphatic heterocycles. The molecule has 0 spiro atoms. The van der Waals surface area contributed by atoms with Gasteiger partial charge in [-0.1, -0.05) is 24.3 Å². The van der Waals surface area contributed by atoms with E-state index in [2.05, 4.69) is 16.7 Å². The van der Waals surface area contributed by atoms with Crippen molar-refractivity contribution in [1.82, 2.24) is 10.6 Å². The molecule has 1 aliphatic rings. The van der Waals surface area contributed by atoms with Crippen molar-refractivity contribution < 1.29 is 19.3 Å². The Morgan fingerprint density at radius 2 is 1.55 bits per heavy atom. The van der Waals surface area contributed by atoms with Crippen LogP contribution in [-0.4, -0.2) is 26.4 Å². The number of ether oxygens (including phenoxy) is 3. The van der Waals surface area contributed by atoms with Gasteiger partial charge in [0.15, 0.2) is 11.5 Å². The van der Waals surface area contributed by atoms with Crippen molar-refractivity contribution in [2.24, 2.45) is 0 Å². The second-order valence-corrected chi connectivity index (χ2v) is 7.20. The van der Waals surface area contributed by atoms with Gasteiger partial charge in [-0.2, -0.15) is 0 Å². The lowest BCUT2D eigenvalue weighted by molar-refractivity contribution is 0.352. The summed E-state index contributed by atoms with van der Waals surface area (Å²) in [5.41, 5.74) is 3.76. The van der Waals surface area contributed by atoms with Crippen molar-refractivity contribution in [3.8, 4) is 23.0 Å². The van der Waals surface area contributed by atoms with E-state index in [9.17, 15) is 5.11 Å². The Morgan fingerprint density at radius 1 is 0.806 bits per heavy atom. The number of rotatable bonds is 6. The predicted octanol–water partition coefficient (Wildman–Crippen LogP) is 4.39. The Balaban J connectivity index is 1.74. The topological polar surface area (TPSA) is 72.0 Å². The van der Waals surface area contributed by atoms with Crippen LogP contribution in [-0.2, 0) is 0 Å². The van der Waals surface area contributed by atoms with Crippen LogP contribution in [0.2, 0.25) is 0 Å². The summed E-state index contributed by atoms with van der Waals surface area (Å²) in [6.45, 7) is 0. The maximum atomic E-state index is 10.5. The highest BCUT2D eigenvalue weighted by Crippen LogP contribution is 2.36. The van der Waals surface area contributed by atoms with E-state index < -0.39 is 0 Å². The van der Waals surface area contributed by atoms with Crippen molar-refractivity contribution in [1.29, 1.82) is 0 Å². The highest BCUT2D eigenvalue weighted by atomic mass is 16.5. The number of nitrogens with one attached hydrogen (secondary N) is 2. The molecule has 6 heteroatoms. The molecule has 160 valence electrons. The van der Waals surface area contributed by atoms with Gasteiger partial charge in [-0.05, 0) is 59.7 Å². The molecule has 4 rings (SSSR count). The monoisotopic (exact) mass is 418 g/mol. The lowest BCUT2D eigenvalue weighted by Crippen LogP contribution is -2.39. The quantitative estimate of drug-likeness (QED) is 0.551. The summed E-state index contributed by atoms with van der Waals surface area (Å²) < 4.78 is 16.2. The van der Waals surface area contributed by atoms with Crippen LogP contribution < -0.4 is 24.8 Å². The molecule has 31 heavy (non-hydrogen) atoms. The van der Waals surface area contributed by atoms with Crippen LogP contribution in [0.1, 0.15) is 28.9 Å². The van der Waals surface area contributed by atoms with Gasteiger partial charge in [-0.25, -0.2) is 0 Å². The molecule has 0 fully saturated rings. The molecular formula is C25H26N2O4. The summed E-state index contributed by atoms with van der Waals surface area (Å²) >= 11 is 0. The van der Waals surface area contributed by atoms with Crippen molar-refractivity contribution in [3.05, 3.63) is 89.5 Å². The smallest absolute Gasteiger partial charge is 0.161 e. The average molecular weight is 418 g/mol. The number of benzene rings is 3. The van der Waals surface area contributed by atoms with Crippen LogP contribution in [0.15, 0.2) is 72.8 Å². The molecule has 2 unspecified atom stereocenters. The molecule has 0 aliphatic carbocycles. The maximum Gasteiger partial charge on any atom is 0.161 e. The average Bonchev–Trinajstić information content (AvgIpc) is 2.83.